The van der Waals surface area contributed by atoms with E-state index in [0.29, 0.717) is 12.1 Å². The normalized spacial score (nSPS) is 14.6. The summed E-state index contributed by atoms with van der Waals surface area (Å²) < 4.78 is 5.77. The van der Waals surface area contributed by atoms with Crippen molar-refractivity contribution in [1.29, 1.82) is 0 Å². The van der Waals surface area contributed by atoms with Gasteiger partial charge in [-0.15, -0.1) is 0 Å². The average molecular weight is 299 g/mol. The Kier molecular flexibility index (Phi) is 4.24. The molecule has 1 aliphatic rings. The maximum atomic E-state index is 12.4. The molecule has 0 radical (unpaired) electrons. The highest BCUT2D eigenvalue weighted by atomic mass is 16.5. The molecule has 5 heteroatoms. The standard InChI is InChI=1S/C17H21N3O2/c1-3-15-11(2)17(20-19-15)16(21)8-12-4-6-13(7-5-12)22-14-9-18-10-14/h4-7,14,18H,3,8-10H2,1-2H3,(H,19,20). The summed E-state index contributed by atoms with van der Waals surface area (Å²) in [4.78, 5) is 12.4. The van der Waals surface area contributed by atoms with Crippen LogP contribution >= 0.6 is 0 Å². The van der Waals surface area contributed by atoms with Crippen molar-refractivity contribution in [2.75, 3.05) is 13.1 Å². The third-order valence-electron chi connectivity index (χ3n) is 4.06. The molecule has 0 aliphatic carbocycles. The fourth-order valence-electron chi connectivity index (χ4n) is 2.54. The largest absolute Gasteiger partial charge is 0.488 e. The molecule has 0 bridgehead atoms. The van der Waals surface area contributed by atoms with Crippen LogP contribution in [0.1, 0.15) is 34.2 Å². The van der Waals surface area contributed by atoms with Crippen LogP contribution in [0.15, 0.2) is 24.3 Å². The van der Waals surface area contributed by atoms with E-state index >= 15 is 0 Å². The first kappa shape index (κ1) is 14.8. The molecule has 0 atom stereocenters. The zero-order valence-corrected chi connectivity index (χ0v) is 13.0. The van der Waals surface area contributed by atoms with Crippen LogP contribution in [0.25, 0.3) is 0 Å². The second-order valence-corrected chi connectivity index (χ2v) is 5.67. The van der Waals surface area contributed by atoms with Crippen LogP contribution in [0.3, 0.4) is 0 Å². The average Bonchev–Trinajstić information content (AvgIpc) is 2.85. The van der Waals surface area contributed by atoms with E-state index in [-0.39, 0.29) is 11.9 Å². The fraction of sp³-hybridized carbons (Fsp3) is 0.412. The van der Waals surface area contributed by atoms with E-state index in [1.807, 2.05) is 38.1 Å². The number of aromatic amines is 1. The summed E-state index contributed by atoms with van der Waals surface area (Å²) in [5.41, 5.74) is 3.52. The molecule has 0 spiro atoms. The topological polar surface area (TPSA) is 67.0 Å². The van der Waals surface area contributed by atoms with E-state index in [4.69, 9.17) is 4.74 Å². The van der Waals surface area contributed by atoms with E-state index < -0.39 is 0 Å². The minimum absolute atomic E-state index is 0.0466. The maximum Gasteiger partial charge on any atom is 0.187 e. The van der Waals surface area contributed by atoms with E-state index in [0.717, 1.165) is 42.1 Å². The van der Waals surface area contributed by atoms with Crippen LogP contribution in [0, 0.1) is 6.92 Å². The number of aryl methyl sites for hydroxylation is 1. The quantitative estimate of drug-likeness (QED) is 0.801. The molecule has 0 unspecified atom stereocenters. The van der Waals surface area contributed by atoms with Gasteiger partial charge in [0.25, 0.3) is 0 Å². The van der Waals surface area contributed by atoms with Gasteiger partial charge in [0.05, 0.1) is 0 Å². The van der Waals surface area contributed by atoms with Crippen molar-refractivity contribution in [3.05, 3.63) is 46.8 Å². The second-order valence-electron chi connectivity index (χ2n) is 5.67. The first-order valence-corrected chi connectivity index (χ1v) is 7.70. The highest BCUT2D eigenvalue weighted by Crippen LogP contribution is 2.18. The Hall–Kier alpha value is -2.14. The van der Waals surface area contributed by atoms with Gasteiger partial charge in [0.2, 0.25) is 0 Å². The lowest BCUT2D eigenvalue weighted by atomic mass is 10.0. The summed E-state index contributed by atoms with van der Waals surface area (Å²) in [6.07, 6.45) is 1.49. The van der Waals surface area contributed by atoms with Crippen LogP contribution < -0.4 is 10.1 Å². The molecule has 1 aromatic heterocycles. The Balaban J connectivity index is 1.64. The molecule has 3 rings (SSSR count). The van der Waals surface area contributed by atoms with Crippen molar-refractivity contribution >= 4 is 5.78 Å². The van der Waals surface area contributed by atoms with Crippen molar-refractivity contribution in [1.82, 2.24) is 15.5 Å². The Morgan fingerprint density at radius 3 is 2.59 bits per heavy atom. The number of nitrogens with zero attached hydrogens (tertiary/aromatic N) is 1. The summed E-state index contributed by atoms with van der Waals surface area (Å²) in [5.74, 6) is 0.900. The number of rotatable bonds is 6. The van der Waals surface area contributed by atoms with Gasteiger partial charge in [0.1, 0.15) is 17.5 Å². The van der Waals surface area contributed by atoms with Crippen LogP contribution in [-0.4, -0.2) is 35.2 Å². The number of ether oxygens (including phenoxy) is 1. The Labute approximate surface area is 130 Å². The zero-order chi connectivity index (χ0) is 15.5. The predicted molar refractivity (Wildman–Crippen MR) is 84.5 cm³/mol. The molecule has 1 saturated heterocycles. The molecule has 1 aliphatic heterocycles. The van der Waals surface area contributed by atoms with E-state index in [1.165, 1.54) is 0 Å². The number of H-pyrrole nitrogens is 1. The van der Waals surface area contributed by atoms with Crippen molar-refractivity contribution in [3.63, 3.8) is 0 Å². The monoisotopic (exact) mass is 299 g/mol. The van der Waals surface area contributed by atoms with Gasteiger partial charge >= 0.3 is 0 Å². The number of Topliss-reactive ketones (excluding diaryl/α,β-unsaturated/α-hetero) is 1. The summed E-state index contributed by atoms with van der Waals surface area (Å²) in [6.45, 7) is 5.79. The van der Waals surface area contributed by atoms with Crippen molar-refractivity contribution in [2.45, 2.75) is 32.8 Å². The molecule has 0 amide bonds. The predicted octanol–water partition coefficient (Wildman–Crippen LogP) is 2.06. The highest BCUT2D eigenvalue weighted by Gasteiger charge is 2.18. The van der Waals surface area contributed by atoms with Crippen molar-refractivity contribution in [3.8, 4) is 5.75 Å². The van der Waals surface area contributed by atoms with Crippen LogP contribution in [0.5, 0.6) is 5.75 Å². The summed E-state index contributed by atoms with van der Waals surface area (Å²) in [6, 6.07) is 7.75. The van der Waals surface area contributed by atoms with Gasteiger partial charge in [-0.1, -0.05) is 19.1 Å². The third kappa shape index (κ3) is 3.04. The molecule has 22 heavy (non-hydrogen) atoms. The van der Waals surface area contributed by atoms with Crippen LogP contribution in [0.4, 0.5) is 0 Å². The molecule has 1 fully saturated rings. The Morgan fingerprint density at radius 1 is 1.32 bits per heavy atom. The van der Waals surface area contributed by atoms with E-state index in [9.17, 15) is 4.79 Å². The van der Waals surface area contributed by atoms with E-state index in [1.54, 1.807) is 0 Å². The molecule has 2 heterocycles. The van der Waals surface area contributed by atoms with Gasteiger partial charge in [-0.3, -0.25) is 9.89 Å². The maximum absolute atomic E-state index is 12.4. The number of aromatic nitrogens is 2. The second kappa shape index (κ2) is 6.32. The summed E-state index contributed by atoms with van der Waals surface area (Å²) >= 11 is 0. The van der Waals surface area contributed by atoms with Gasteiger partial charge in [-0.25, -0.2) is 0 Å². The van der Waals surface area contributed by atoms with Gasteiger partial charge in [0.15, 0.2) is 5.78 Å². The summed E-state index contributed by atoms with van der Waals surface area (Å²) in [5, 5.41) is 10.3. The molecular weight excluding hydrogens is 278 g/mol. The molecule has 5 nitrogen and oxygen atoms in total. The van der Waals surface area contributed by atoms with Crippen molar-refractivity contribution < 1.29 is 9.53 Å². The lowest BCUT2D eigenvalue weighted by Crippen LogP contribution is -2.50. The van der Waals surface area contributed by atoms with Crippen LogP contribution in [-0.2, 0) is 12.8 Å². The lowest BCUT2D eigenvalue weighted by molar-refractivity contribution is 0.0987. The number of hydrogen-bond acceptors (Lipinski definition) is 4. The highest BCUT2D eigenvalue weighted by molar-refractivity contribution is 5.97. The minimum atomic E-state index is 0.0466. The molecule has 2 N–H and O–H groups in total. The van der Waals surface area contributed by atoms with Gasteiger partial charge < -0.3 is 10.1 Å². The molecule has 2 aromatic rings. The third-order valence-corrected chi connectivity index (χ3v) is 4.06. The lowest BCUT2D eigenvalue weighted by Gasteiger charge is -2.27. The number of benzene rings is 1. The Bertz CT molecular complexity index is 657. The summed E-state index contributed by atoms with van der Waals surface area (Å²) in [7, 11) is 0. The number of nitrogens with one attached hydrogen (secondary N) is 2. The molecular formula is C17H21N3O2. The number of carbonyl (C=O) groups is 1. The molecule has 116 valence electrons. The van der Waals surface area contributed by atoms with Gasteiger partial charge in [-0.2, -0.15) is 5.10 Å². The smallest absolute Gasteiger partial charge is 0.187 e. The van der Waals surface area contributed by atoms with Crippen molar-refractivity contribution in [2.24, 2.45) is 0 Å². The first-order valence-electron chi connectivity index (χ1n) is 7.70. The first-order chi connectivity index (χ1) is 10.7. The zero-order valence-electron chi connectivity index (χ0n) is 13.0. The SMILES string of the molecule is CCc1[nH]nc(C(=O)Cc2ccc(OC3CNC3)cc2)c1C. The van der Waals surface area contributed by atoms with E-state index in [2.05, 4.69) is 15.5 Å². The minimum Gasteiger partial charge on any atom is -0.488 e. The Morgan fingerprint density at radius 2 is 2.05 bits per heavy atom. The molecule has 0 saturated carbocycles. The fourth-order valence-corrected chi connectivity index (χ4v) is 2.54. The number of hydrogen-bond donors (Lipinski definition) is 2. The van der Waals surface area contributed by atoms with Crippen LogP contribution in [0.2, 0.25) is 0 Å². The van der Waals surface area contributed by atoms with Gasteiger partial charge in [0, 0.05) is 30.8 Å². The van der Waals surface area contributed by atoms with Gasteiger partial charge in [-0.05, 0) is 31.0 Å². The molecule has 1 aromatic carbocycles. The number of ketones is 1. The number of carbonyl (C=O) groups excluding carboxylic acids is 1.